The molecule has 0 aliphatic carbocycles. The van der Waals surface area contributed by atoms with Gasteiger partial charge < -0.3 is 9.47 Å². The lowest BCUT2D eigenvalue weighted by molar-refractivity contribution is 0.0600. The molecule has 0 amide bonds. The highest BCUT2D eigenvalue weighted by atomic mass is 32.2. The van der Waals surface area contributed by atoms with E-state index in [4.69, 9.17) is 9.47 Å². The molecule has 6 heteroatoms. The molecule has 0 saturated heterocycles. The average molecular weight is 390 g/mol. The number of esters is 1. The highest BCUT2D eigenvalue weighted by molar-refractivity contribution is 7.84. The zero-order valence-corrected chi connectivity index (χ0v) is 17.3. The van der Waals surface area contributed by atoms with Gasteiger partial charge in [-0.3, -0.25) is 0 Å². The zero-order chi connectivity index (χ0) is 20.0. The van der Waals surface area contributed by atoms with Gasteiger partial charge in [0.1, 0.15) is 5.75 Å². The molecule has 1 N–H and O–H groups in total. The average Bonchev–Trinajstić information content (AvgIpc) is 2.66. The third kappa shape index (κ3) is 5.91. The van der Waals surface area contributed by atoms with E-state index in [0.717, 1.165) is 16.9 Å². The molecule has 0 spiro atoms. The fraction of sp³-hybridized carbons (Fsp3) is 0.381. The van der Waals surface area contributed by atoms with E-state index in [1.165, 1.54) is 7.11 Å². The Morgan fingerprint density at radius 2 is 1.63 bits per heavy atom. The van der Waals surface area contributed by atoms with Gasteiger partial charge >= 0.3 is 5.97 Å². The quantitative estimate of drug-likeness (QED) is 0.731. The van der Waals surface area contributed by atoms with Crippen LogP contribution in [0.4, 0.5) is 0 Å². The molecule has 0 aliphatic rings. The van der Waals surface area contributed by atoms with Gasteiger partial charge in [0.2, 0.25) is 0 Å². The number of ether oxygens (including phenoxy) is 2. The first-order chi connectivity index (χ1) is 12.7. The van der Waals surface area contributed by atoms with E-state index in [1.807, 2.05) is 57.2 Å². The van der Waals surface area contributed by atoms with E-state index in [-0.39, 0.29) is 16.8 Å². The molecule has 146 valence electrons. The molecule has 0 aliphatic heterocycles. The normalized spacial score (nSPS) is 13.7. The van der Waals surface area contributed by atoms with Crippen molar-refractivity contribution in [3.63, 3.8) is 0 Å². The van der Waals surface area contributed by atoms with Gasteiger partial charge in [0.25, 0.3) is 0 Å². The summed E-state index contributed by atoms with van der Waals surface area (Å²) in [5.41, 5.74) is 2.54. The first-order valence-electron chi connectivity index (χ1n) is 8.74. The van der Waals surface area contributed by atoms with Crippen molar-refractivity contribution >= 4 is 17.0 Å². The minimum Gasteiger partial charge on any atom is -0.497 e. The lowest BCUT2D eigenvalue weighted by Gasteiger charge is -2.25. The van der Waals surface area contributed by atoms with Crippen molar-refractivity contribution in [1.29, 1.82) is 0 Å². The molecule has 0 radical (unpaired) electrons. The van der Waals surface area contributed by atoms with Crippen molar-refractivity contribution in [2.75, 3.05) is 14.2 Å². The highest BCUT2D eigenvalue weighted by Crippen LogP contribution is 2.23. The Morgan fingerprint density at radius 3 is 2.11 bits per heavy atom. The molecule has 5 nitrogen and oxygen atoms in total. The van der Waals surface area contributed by atoms with Crippen molar-refractivity contribution in [3.8, 4) is 5.75 Å². The molecule has 0 aromatic heterocycles. The Kier molecular flexibility index (Phi) is 7.16. The van der Waals surface area contributed by atoms with E-state index in [1.54, 1.807) is 19.2 Å². The summed E-state index contributed by atoms with van der Waals surface area (Å²) in [5, 5.41) is 0. The lowest BCUT2D eigenvalue weighted by Crippen LogP contribution is -2.36. The molecule has 2 aromatic rings. The minimum atomic E-state index is -1.23. The summed E-state index contributed by atoms with van der Waals surface area (Å²) in [6.07, 6.45) is 0.656. The zero-order valence-electron chi connectivity index (χ0n) is 16.4. The SMILES string of the molecule is COC(=O)c1ccc([C@@H](Cc2ccc(OC)cc2)N[S@](=O)C(C)(C)C)cc1. The van der Waals surface area contributed by atoms with Crippen LogP contribution in [-0.2, 0) is 22.1 Å². The van der Waals surface area contributed by atoms with Crippen LogP contribution in [0.2, 0.25) is 0 Å². The number of carbonyl (C=O) groups is 1. The second-order valence-corrected chi connectivity index (χ2v) is 9.22. The standard InChI is InChI=1S/C21H27NO4S/c1-21(2,3)27(24)22-19(14-15-6-12-18(25-4)13-7-15)16-8-10-17(11-9-16)20(23)26-5/h6-13,19,22H,14H2,1-5H3/t19-,27-/m1/s1. The van der Waals surface area contributed by atoms with Crippen molar-refractivity contribution in [1.82, 2.24) is 4.72 Å². The summed E-state index contributed by atoms with van der Waals surface area (Å²) in [6.45, 7) is 5.79. The number of benzene rings is 2. The summed E-state index contributed by atoms with van der Waals surface area (Å²) in [5.74, 6) is 0.420. The van der Waals surface area contributed by atoms with E-state index < -0.39 is 11.0 Å². The molecular formula is C21H27NO4S. The predicted molar refractivity (Wildman–Crippen MR) is 108 cm³/mol. The monoisotopic (exact) mass is 389 g/mol. The number of methoxy groups -OCH3 is 2. The molecule has 2 aromatic carbocycles. The second kappa shape index (κ2) is 9.15. The maximum Gasteiger partial charge on any atom is 0.337 e. The van der Waals surface area contributed by atoms with Crippen molar-refractivity contribution in [2.45, 2.75) is 38.0 Å². The summed E-state index contributed by atoms with van der Waals surface area (Å²) in [4.78, 5) is 11.7. The third-order valence-corrected chi connectivity index (χ3v) is 5.75. The molecular weight excluding hydrogens is 362 g/mol. The number of carbonyl (C=O) groups excluding carboxylic acids is 1. The Bertz CT molecular complexity index is 779. The molecule has 0 heterocycles. The van der Waals surface area contributed by atoms with Gasteiger partial charge in [0.15, 0.2) is 0 Å². The molecule has 0 fully saturated rings. The predicted octanol–water partition coefficient (Wildman–Crippen LogP) is 3.82. The Labute approximate surface area is 163 Å². The summed E-state index contributed by atoms with van der Waals surface area (Å²) >= 11 is 0. The van der Waals surface area contributed by atoms with E-state index >= 15 is 0 Å². The third-order valence-electron chi connectivity index (χ3n) is 4.14. The largest absolute Gasteiger partial charge is 0.497 e. The Hall–Kier alpha value is -2.18. The number of hydrogen-bond acceptors (Lipinski definition) is 4. The van der Waals surface area contributed by atoms with Crippen LogP contribution in [0.5, 0.6) is 5.75 Å². The van der Waals surface area contributed by atoms with Gasteiger partial charge in [-0.2, -0.15) is 0 Å². The number of hydrogen-bond donors (Lipinski definition) is 1. The fourth-order valence-electron chi connectivity index (χ4n) is 2.50. The van der Waals surface area contributed by atoms with Crippen LogP contribution in [0.25, 0.3) is 0 Å². The van der Waals surface area contributed by atoms with Gasteiger partial charge in [0.05, 0.1) is 35.5 Å². The Balaban J connectivity index is 2.27. The smallest absolute Gasteiger partial charge is 0.337 e. The molecule has 0 unspecified atom stereocenters. The van der Waals surface area contributed by atoms with Gasteiger partial charge in [-0.1, -0.05) is 24.3 Å². The fourth-order valence-corrected chi connectivity index (χ4v) is 3.33. The first kappa shape index (κ1) is 21.1. The van der Waals surface area contributed by atoms with Crippen LogP contribution in [0.1, 0.15) is 48.3 Å². The summed E-state index contributed by atoms with van der Waals surface area (Å²) in [6, 6.07) is 14.8. The molecule has 2 atom stereocenters. The van der Waals surface area contributed by atoms with Crippen LogP contribution in [0.3, 0.4) is 0 Å². The van der Waals surface area contributed by atoms with Crippen LogP contribution < -0.4 is 9.46 Å². The van der Waals surface area contributed by atoms with Crippen LogP contribution in [-0.4, -0.2) is 29.1 Å². The Morgan fingerprint density at radius 1 is 1.04 bits per heavy atom. The van der Waals surface area contributed by atoms with Crippen molar-refractivity contribution in [3.05, 3.63) is 65.2 Å². The van der Waals surface area contributed by atoms with Crippen LogP contribution in [0, 0.1) is 0 Å². The first-order valence-corrected chi connectivity index (χ1v) is 9.89. The number of rotatable bonds is 7. The van der Waals surface area contributed by atoms with Gasteiger partial charge in [-0.05, 0) is 62.6 Å². The molecule has 27 heavy (non-hydrogen) atoms. The molecule has 0 bridgehead atoms. The maximum absolute atomic E-state index is 12.7. The van der Waals surface area contributed by atoms with Crippen molar-refractivity contribution in [2.24, 2.45) is 0 Å². The summed E-state index contributed by atoms with van der Waals surface area (Å²) in [7, 11) is 1.76. The summed E-state index contributed by atoms with van der Waals surface area (Å²) < 4.78 is 25.5. The van der Waals surface area contributed by atoms with E-state index in [9.17, 15) is 9.00 Å². The highest BCUT2D eigenvalue weighted by Gasteiger charge is 2.24. The van der Waals surface area contributed by atoms with Crippen molar-refractivity contribution < 1.29 is 18.5 Å². The molecule has 0 saturated carbocycles. The van der Waals surface area contributed by atoms with Gasteiger partial charge in [-0.25, -0.2) is 13.7 Å². The van der Waals surface area contributed by atoms with Crippen LogP contribution in [0.15, 0.2) is 48.5 Å². The maximum atomic E-state index is 12.7. The van der Waals surface area contributed by atoms with Gasteiger partial charge in [0, 0.05) is 6.04 Å². The van der Waals surface area contributed by atoms with E-state index in [2.05, 4.69) is 4.72 Å². The minimum absolute atomic E-state index is 0.162. The van der Waals surface area contributed by atoms with Gasteiger partial charge in [-0.15, -0.1) is 0 Å². The topological polar surface area (TPSA) is 64.6 Å². The lowest BCUT2D eigenvalue weighted by atomic mass is 9.98. The molecule has 2 rings (SSSR count). The second-order valence-electron chi connectivity index (χ2n) is 7.22. The van der Waals surface area contributed by atoms with Crippen LogP contribution >= 0.6 is 0 Å². The van der Waals surface area contributed by atoms with E-state index in [0.29, 0.717) is 12.0 Å². The number of nitrogens with one attached hydrogen (secondary N) is 1.